The molecule has 1 aliphatic heterocycles. The molecule has 206 valence electrons. The number of methoxy groups -OCH3 is 2. The Morgan fingerprint density at radius 3 is 2.47 bits per heavy atom. The van der Waals surface area contributed by atoms with Gasteiger partial charge in [0.1, 0.15) is 23.8 Å². The number of rotatable bonds is 13. The van der Waals surface area contributed by atoms with Gasteiger partial charge in [0.15, 0.2) is 6.61 Å². The van der Waals surface area contributed by atoms with E-state index in [2.05, 4.69) is 15.8 Å². The van der Waals surface area contributed by atoms with Crippen LogP contribution in [0.3, 0.4) is 0 Å². The van der Waals surface area contributed by atoms with Crippen LogP contribution in [0.25, 0.3) is 0 Å². The Morgan fingerprint density at radius 1 is 1.11 bits per heavy atom. The fourth-order valence-corrected chi connectivity index (χ4v) is 4.46. The standard InChI is InChI=1S/C25H32N4O8S/c1-34-20-10-11-22(23(13-20)35-2)29(38(3,32)33)16-24(30)28-27-14-18-6-8-19(9-7-18)37-17-25(31)26-15-21-5-4-12-36-21/h6-11,13-14,21H,4-5,12,15-17H2,1-3H3,(H,26,31)(H,28,30)/b27-14-/t21-/m1/s1. The number of carbonyl (C=O) groups is 2. The van der Waals surface area contributed by atoms with E-state index < -0.39 is 22.5 Å². The average Bonchev–Trinajstić information content (AvgIpc) is 3.43. The van der Waals surface area contributed by atoms with Crippen molar-refractivity contribution in [1.29, 1.82) is 0 Å². The number of hydrogen-bond acceptors (Lipinski definition) is 9. The van der Waals surface area contributed by atoms with Crippen molar-refractivity contribution >= 4 is 33.7 Å². The van der Waals surface area contributed by atoms with E-state index in [9.17, 15) is 18.0 Å². The minimum atomic E-state index is -3.82. The molecule has 1 heterocycles. The minimum Gasteiger partial charge on any atom is -0.497 e. The van der Waals surface area contributed by atoms with E-state index in [1.165, 1.54) is 32.6 Å². The summed E-state index contributed by atoms with van der Waals surface area (Å²) in [7, 11) is -0.952. The Hall–Kier alpha value is -3.84. The van der Waals surface area contributed by atoms with Gasteiger partial charge in [0.25, 0.3) is 11.8 Å². The number of nitrogens with one attached hydrogen (secondary N) is 2. The topological polar surface area (TPSA) is 145 Å². The molecule has 12 nitrogen and oxygen atoms in total. The van der Waals surface area contributed by atoms with E-state index in [-0.39, 0.29) is 30.1 Å². The lowest BCUT2D eigenvalue weighted by Crippen LogP contribution is -2.39. The predicted molar refractivity (Wildman–Crippen MR) is 141 cm³/mol. The molecule has 2 aromatic rings. The van der Waals surface area contributed by atoms with Gasteiger partial charge in [-0.25, -0.2) is 13.8 Å². The van der Waals surface area contributed by atoms with Crippen molar-refractivity contribution in [3.63, 3.8) is 0 Å². The van der Waals surface area contributed by atoms with Crippen LogP contribution in [0.15, 0.2) is 47.6 Å². The van der Waals surface area contributed by atoms with Gasteiger partial charge in [0.2, 0.25) is 10.0 Å². The van der Waals surface area contributed by atoms with Crippen LogP contribution in [-0.4, -0.2) is 79.3 Å². The fraction of sp³-hybridized carbons (Fsp3) is 0.400. The van der Waals surface area contributed by atoms with Crippen LogP contribution < -0.4 is 29.3 Å². The summed E-state index contributed by atoms with van der Waals surface area (Å²) >= 11 is 0. The quantitative estimate of drug-likeness (QED) is 0.281. The number of hydrazone groups is 1. The summed E-state index contributed by atoms with van der Waals surface area (Å²) in [6.07, 6.45) is 4.41. The Balaban J connectivity index is 1.50. The van der Waals surface area contributed by atoms with Crippen molar-refractivity contribution in [3.8, 4) is 17.2 Å². The van der Waals surface area contributed by atoms with E-state index in [0.29, 0.717) is 23.6 Å². The third-order valence-corrected chi connectivity index (χ3v) is 6.67. The van der Waals surface area contributed by atoms with Crippen LogP contribution in [0, 0.1) is 0 Å². The molecular formula is C25H32N4O8S. The van der Waals surface area contributed by atoms with Gasteiger partial charge < -0.3 is 24.3 Å². The van der Waals surface area contributed by atoms with Gasteiger partial charge in [-0.1, -0.05) is 0 Å². The Kier molecular flexibility index (Phi) is 10.3. The van der Waals surface area contributed by atoms with Gasteiger partial charge in [0.05, 0.1) is 38.5 Å². The summed E-state index contributed by atoms with van der Waals surface area (Å²) < 4.78 is 47.0. The first-order valence-corrected chi connectivity index (χ1v) is 13.7. The van der Waals surface area contributed by atoms with Crippen molar-refractivity contribution < 1.29 is 37.0 Å². The van der Waals surface area contributed by atoms with Gasteiger partial charge in [0, 0.05) is 19.2 Å². The monoisotopic (exact) mass is 548 g/mol. The van der Waals surface area contributed by atoms with Crippen LogP contribution in [0.5, 0.6) is 17.2 Å². The van der Waals surface area contributed by atoms with E-state index in [1.807, 2.05) is 0 Å². The highest BCUT2D eigenvalue weighted by Crippen LogP contribution is 2.33. The van der Waals surface area contributed by atoms with Crippen molar-refractivity contribution in [2.24, 2.45) is 5.10 Å². The third kappa shape index (κ3) is 8.63. The summed E-state index contributed by atoms with van der Waals surface area (Å²) in [4.78, 5) is 24.4. The van der Waals surface area contributed by atoms with Crippen LogP contribution in [0.1, 0.15) is 18.4 Å². The van der Waals surface area contributed by atoms with E-state index >= 15 is 0 Å². The second-order valence-corrected chi connectivity index (χ2v) is 10.3. The van der Waals surface area contributed by atoms with Gasteiger partial charge in [-0.2, -0.15) is 5.10 Å². The molecule has 0 aliphatic carbocycles. The molecule has 0 aromatic heterocycles. The number of sulfonamides is 1. The van der Waals surface area contributed by atoms with Crippen LogP contribution in [0.2, 0.25) is 0 Å². The van der Waals surface area contributed by atoms with Crippen molar-refractivity contribution in [2.45, 2.75) is 18.9 Å². The molecule has 0 bridgehead atoms. The summed E-state index contributed by atoms with van der Waals surface area (Å²) in [5.74, 6) is 0.314. The molecule has 0 saturated carbocycles. The zero-order chi connectivity index (χ0) is 27.5. The molecule has 1 fully saturated rings. The molecule has 0 radical (unpaired) electrons. The molecule has 2 N–H and O–H groups in total. The first-order chi connectivity index (χ1) is 18.2. The molecule has 1 aliphatic rings. The van der Waals surface area contributed by atoms with Crippen LogP contribution in [0.4, 0.5) is 5.69 Å². The van der Waals surface area contributed by atoms with E-state index in [0.717, 1.165) is 30.0 Å². The Morgan fingerprint density at radius 2 is 1.84 bits per heavy atom. The second-order valence-electron chi connectivity index (χ2n) is 8.40. The number of hydrogen-bond donors (Lipinski definition) is 2. The normalized spacial score (nSPS) is 15.2. The van der Waals surface area contributed by atoms with Crippen LogP contribution >= 0.6 is 0 Å². The minimum absolute atomic E-state index is 0.0673. The van der Waals surface area contributed by atoms with Gasteiger partial charge in [-0.3, -0.25) is 13.9 Å². The SMILES string of the molecule is COc1ccc(N(CC(=O)N/N=C\c2ccc(OCC(=O)NC[C@H]3CCCO3)cc2)S(C)(=O)=O)c(OC)c1. The molecule has 0 spiro atoms. The fourth-order valence-electron chi connectivity index (χ4n) is 3.60. The maximum absolute atomic E-state index is 12.5. The lowest BCUT2D eigenvalue weighted by atomic mass is 10.2. The largest absolute Gasteiger partial charge is 0.497 e. The molecule has 38 heavy (non-hydrogen) atoms. The molecular weight excluding hydrogens is 516 g/mol. The number of nitrogens with zero attached hydrogens (tertiary/aromatic N) is 2. The number of ether oxygens (including phenoxy) is 4. The highest BCUT2D eigenvalue weighted by molar-refractivity contribution is 7.92. The molecule has 0 unspecified atom stereocenters. The molecule has 1 saturated heterocycles. The third-order valence-electron chi connectivity index (χ3n) is 5.55. The number of carbonyl (C=O) groups excluding carboxylic acids is 2. The molecule has 2 amide bonds. The van der Waals surface area contributed by atoms with Gasteiger partial charge >= 0.3 is 0 Å². The zero-order valence-corrected chi connectivity index (χ0v) is 22.3. The van der Waals surface area contributed by atoms with Crippen molar-refractivity contribution in [2.75, 3.05) is 51.1 Å². The van der Waals surface area contributed by atoms with Crippen molar-refractivity contribution in [3.05, 3.63) is 48.0 Å². The highest BCUT2D eigenvalue weighted by atomic mass is 32.2. The Bertz CT molecular complexity index is 1230. The average molecular weight is 549 g/mol. The van der Waals surface area contributed by atoms with E-state index in [4.69, 9.17) is 18.9 Å². The lowest BCUT2D eigenvalue weighted by Gasteiger charge is -2.23. The number of anilines is 1. The van der Waals surface area contributed by atoms with Gasteiger partial charge in [-0.15, -0.1) is 0 Å². The summed E-state index contributed by atoms with van der Waals surface area (Å²) in [6.45, 7) is 0.569. The maximum atomic E-state index is 12.5. The number of benzene rings is 2. The number of amides is 2. The smallest absolute Gasteiger partial charge is 0.260 e. The first-order valence-electron chi connectivity index (χ1n) is 11.8. The summed E-state index contributed by atoms with van der Waals surface area (Å²) in [6, 6.07) is 11.3. The highest BCUT2D eigenvalue weighted by Gasteiger charge is 2.24. The molecule has 2 aromatic carbocycles. The molecule has 1 atom stereocenters. The first kappa shape index (κ1) is 28.7. The summed E-state index contributed by atoms with van der Waals surface area (Å²) in [5, 5.41) is 6.68. The second kappa shape index (κ2) is 13.6. The van der Waals surface area contributed by atoms with Crippen molar-refractivity contribution in [1.82, 2.24) is 10.7 Å². The van der Waals surface area contributed by atoms with Crippen LogP contribution in [-0.2, 0) is 24.3 Å². The zero-order valence-electron chi connectivity index (χ0n) is 21.5. The lowest BCUT2D eigenvalue weighted by molar-refractivity contribution is -0.123. The van der Waals surface area contributed by atoms with E-state index in [1.54, 1.807) is 30.3 Å². The predicted octanol–water partition coefficient (Wildman–Crippen LogP) is 1.29. The van der Waals surface area contributed by atoms with Gasteiger partial charge in [-0.05, 0) is 54.8 Å². The molecule has 13 heteroatoms. The Labute approximate surface area is 221 Å². The summed E-state index contributed by atoms with van der Waals surface area (Å²) in [5.41, 5.74) is 3.16. The maximum Gasteiger partial charge on any atom is 0.260 e. The molecule has 3 rings (SSSR count).